The van der Waals surface area contributed by atoms with Crippen molar-refractivity contribution >= 4 is 39.5 Å². The van der Waals surface area contributed by atoms with Gasteiger partial charge in [0.25, 0.3) is 0 Å². The van der Waals surface area contributed by atoms with Crippen molar-refractivity contribution in [1.29, 1.82) is 0 Å². The highest BCUT2D eigenvalue weighted by atomic mass is 16.1. The Kier molecular flexibility index (Phi) is 6.14. The minimum absolute atomic E-state index is 0.0810. The van der Waals surface area contributed by atoms with E-state index in [-0.39, 0.29) is 11.8 Å². The highest BCUT2D eigenvalue weighted by Gasteiger charge is 2.22. The van der Waals surface area contributed by atoms with Crippen LogP contribution in [0.4, 0.5) is 11.5 Å². The average molecular weight is 522 g/mol. The quantitative estimate of drug-likeness (QED) is 0.280. The number of nitrogens with one attached hydrogen (secondary N) is 3. The first-order chi connectivity index (χ1) is 19.2. The van der Waals surface area contributed by atoms with Crippen LogP contribution in [0.2, 0.25) is 0 Å². The topological polar surface area (TPSA) is 128 Å². The monoisotopic (exact) mass is 521 g/mol. The third-order valence-corrected chi connectivity index (χ3v) is 7.95. The lowest BCUT2D eigenvalue weighted by Crippen LogP contribution is -2.30. The Bertz CT molecular complexity index is 1640. The van der Waals surface area contributed by atoms with Crippen LogP contribution >= 0.6 is 0 Å². The number of aromatic amines is 2. The maximum absolute atomic E-state index is 12.8. The molecule has 2 fully saturated rings. The number of hydrogen-bond donors (Lipinski definition) is 3. The molecule has 0 aromatic carbocycles. The zero-order valence-electron chi connectivity index (χ0n) is 21.8. The number of carbonyl (C=O) groups is 1. The molecule has 198 valence electrons. The first-order valence-corrected chi connectivity index (χ1v) is 13.9. The summed E-state index contributed by atoms with van der Waals surface area (Å²) < 4.78 is 0. The van der Waals surface area contributed by atoms with Crippen LogP contribution in [0.25, 0.3) is 44.8 Å². The summed E-state index contributed by atoms with van der Waals surface area (Å²) >= 11 is 0. The van der Waals surface area contributed by atoms with Crippen LogP contribution in [0.5, 0.6) is 0 Å². The SMILES string of the molecule is O=C(Nc1cncc(-c2ccc3[nH]nc(-c4nc5c(N6CCCCC6)nccc5[nH]4)c3n2)c1)C1CCCCC1. The number of fused-ring (bicyclic) bond motifs is 2. The van der Waals surface area contributed by atoms with E-state index in [4.69, 9.17) is 9.97 Å². The minimum Gasteiger partial charge on any atom is -0.355 e. The molecular weight excluding hydrogens is 490 g/mol. The summed E-state index contributed by atoms with van der Waals surface area (Å²) in [6.07, 6.45) is 14.3. The van der Waals surface area contributed by atoms with E-state index < -0.39 is 0 Å². The van der Waals surface area contributed by atoms with Crippen molar-refractivity contribution in [1.82, 2.24) is 35.1 Å². The lowest BCUT2D eigenvalue weighted by molar-refractivity contribution is -0.120. The lowest BCUT2D eigenvalue weighted by atomic mass is 9.88. The maximum Gasteiger partial charge on any atom is 0.227 e. The van der Waals surface area contributed by atoms with Gasteiger partial charge in [0.05, 0.1) is 28.6 Å². The van der Waals surface area contributed by atoms with Gasteiger partial charge in [-0.3, -0.25) is 14.9 Å². The number of hydrogen-bond acceptors (Lipinski definition) is 7. The van der Waals surface area contributed by atoms with Crippen molar-refractivity contribution in [2.75, 3.05) is 23.3 Å². The molecule has 3 N–H and O–H groups in total. The van der Waals surface area contributed by atoms with E-state index in [0.717, 1.165) is 77.9 Å². The average Bonchev–Trinajstić information content (AvgIpc) is 3.62. The molecule has 5 aromatic heterocycles. The Labute approximate surface area is 225 Å². The Morgan fingerprint density at radius 2 is 1.77 bits per heavy atom. The number of H-pyrrole nitrogens is 2. The number of anilines is 2. The summed E-state index contributed by atoms with van der Waals surface area (Å²) in [5.74, 6) is 1.73. The molecule has 39 heavy (non-hydrogen) atoms. The van der Waals surface area contributed by atoms with Crippen molar-refractivity contribution in [2.24, 2.45) is 5.92 Å². The van der Waals surface area contributed by atoms with Crippen LogP contribution in [-0.4, -0.2) is 54.1 Å². The Balaban J connectivity index is 1.20. The van der Waals surface area contributed by atoms with Gasteiger partial charge in [-0.05, 0) is 56.4 Å². The van der Waals surface area contributed by atoms with Crippen molar-refractivity contribution < 1.29 is 4.79 Å². The van der Waals surface area contributed by atoms with Gasteiger partial charge in [-0.15, -0.1) is 0 Å². The number of rotatable bonds is 5. The predicted octanol–water partition coefficient (Wildman–Crippen LogP) is 5.47. The molecule has 6 heterocycles. The normalized spacial score (nSPS) is 16.7. The fourth-order valence-electron chi connectivity index (χ4n) is 5.85. The van der Waals surface area contributed by atoms with Crippen molar-refractivity contribution in [3.05, 3.63) is 42.9 Å². The molecule has 1 saturated heterocycles. The Morgan fingerprint density at radius 1 is 0.923 bits per heavy atom. The minimum atomic E-state index is 0.0810. The van der Waals surface area contributed by atoms with Gasteiger partial charge >= 0.3 is 0 Å². The molecule has 2 aliphatic rings. The zero-order valence-corrected chi connectivity index (χ0v) is 21.8. The number of carbonyl (C=O) groups excluding carboxylic acids is 1. The van der Waals surface area contributed by atoms with Gasteiger partial charge in [0, 0.05) is 37.0 Å². The van der Waals surface area contributed by atoms with Crippen LogP contribution in [0.15, 0.2) is 42.9 Å². The van der Waals surface area contributed by atoms with Crippen molar-refractivity contribution in [2.45, 2.75) is 51.4 Å². The molecule has 0 spiro atoms. The molecule has 1 amide bonds. The molecule has 1 aliphatic heterocycles. The number of nitrogens with zero attached hydrogens (tertiary/aromatic N) is 6. The van der Waals surface area contributed by atoms with Crippen LogP contribution in [0.3, 0.4) is 0 Å². The van der Waals surface area contributed by atoms with Gasteiger partial charge in [-0.25, -0.2) is 15.0 Å². The molecule has 1 saturated carbocycles. The number of piperidine rings is 1. The Morgan fingerprint density at radius 3 is 2.64 bits per heavy atom. The number of pyridine rings is 3. The summed E-state index contributed by atoms with van der Waals surface area (Å²) in [5, 5.41) is 10.7. The van der Waals surface area contributed by atoms with E-state index in [1.807, 2.05) is 30.5 Å². The second-order valence-corrected chi connectivity index (χ2v) is 10.6. The number of imidazole rings is 1. The summed E-state index contributed by atoms with van der Waals surface area (Å²) in [5.41, 5.74) is 6.24. The van der Waals surface area contributed by atoms with Crippen LogP contribution in [0.1, 0.15) is 51.4 Å². The van der Waals surface area contributed by atoms with Crippen LogP contribution in [-0.2, 0) is 4.79 Å². The molecule has 10 nitrogen and oxygen atoms in total. The molecule has 5 aromatic rings. The van der Waals surface area contributed by atoms with E-state index in [0.29, 0.717) is 17.2 Å². The smallest absolute Gasteiger partial charge is 0.227 e. The Hall–Kier alpha value is -4.34. The first-order valence-electron chi connectivity index (χ1n) is 13.9. The predicted molar refractivity (Wildman–Crippen MR) is 151 cm³/mol. The van der Waals surface area contributed by atoms with Crippen molar-refractivity contribution in [3.63, 3.8) is 0 Å². The van der Waals surface area contributed by atoms with Crippen LogP contribution < -0.4 is 10.2 Å². The van der Waals surface area contributed by atoms with Gasteiger partial charge in [-0.2, -0.15) is 5.10 Å². The molecule has 10 heteroatoms. The highest BCUT2D eigenvalue weighted by Crippen LogP contribution is 2.31. The van der Waals surface area contributed by atoms with E-state index >= 15 is 0 Å². The molecule has 0 bridgehead atoms. The van der Waals surface area contributed by atoms with Gasteiger partial charge in [-0.1, -0.05) is 19.3 Å². The second-order valence-electron chi connectivity index (χ2n) is 10.6. The van der Waals surface area contributed by atoms with E-state index in [1.54, 1.807) is 12.4 Å². The van der Waals surface area contributed by atoms with E-state index in [9.17, 15) is 4.79 Å². The first kappa shape index (κ1) is 23.8. The molecule has 0 unspecified atom stereocenters. The number of aromatic nitrogens is 7. The zero-order chi connectivity index (χ0) is 26.2. The van der Waals surface area contributed by atoms with Crippen LogP contribution in [0, 0.1) is 5.92 Å². The third kappa shape index (κ3) is 4.60. The molecule has 0 atom stereocenters. The second kappa shape index (κ2) is 10.1. The summed E-state index contributed by atoms with van der Waals surface area (Å²) in [7, 11) is 0. The van der Waals surface area contributed by atoms with Gasteiger partial charge in [0.1, 0.15) is 11.0 Å². The number of amides is 1. The summed E-state index contributed by atoms with van der Waals surface area (Å²) in [6.45, 7) is 2.00. The van der Waals surface area contributed by atoms with E-state index in [1.165, 1.54) is 25.7 Å². The largest absolute Gasteiger partial charge is 0.355 e. The fourth-order valence-corrected chi connectivity index (χ4v) is 5.85. The lowest BCUT2D eigenvalue weighted by Gasteiger charge is -2.27. The summed E-state index contributed by atoms with van der Waals surface area (Å²) in [6, 6.07) is 7.78. The molecule has 1 aliphatic carbocycles. The summed E-state index contributed by atoms with van der Waals surface area (Å²) in [4.78, 5) is 37.4. The maximum atomic E-state index is 12.8. The molecule has 7 rings (SSSR count). The molecule has 0 radical (unpaired) electrons. The van der Waals surface area contributed by atoms with Gasteiger partial charge < -0.3 is 15.2 Å². The fraction of sp³-hybridized carbons (Fsp3) is 0.379. The van der Waals surface area contributed by atoms with Crippen molar-refractivity contribution in [3.8, 4) is 22.8 Å². The van der Waals surface area contributed by atoms with E-state index in [2.05, 4.69) is 35.4 Å². The third-order valence-electron chi connectivity index (χ3n) is 7.95. The van der Waals surface area contributed by atoms with Gasteiger partial charge in [0.2, 0.25) is 5.91 Å². The standard InChI is InChI=1S/C29H31N9O/c39-29(18-7-3-1-4-8-18)32-20-15-19(16-30-17-20)21-9-10-23-24(33-21)26(37-36-23)27-34-22-11-12-31-28(25(22)35-27)38-13-5-2-6-14-38/h9-12,15-18H,1-8,13-14H2,(H,32,39)(H,34,35)(H,36,37). The van der Waals surface area contributed by atoms with Gasteiger partial charge in [0.15, 0.2) is 17.3 Å². The molecular formula is C29H31N9O. The highest BCUT2D eigenvalue weighted by molar-refractivity contribution is 5.95.